The van der Waals surface area contributed by atoms with E-state index in [1.807, 2.05) is 18.2 Å². The number of fused-ring (bicyclic) bond motifs is 3. The molecule has 1 saturated heterocycles. The third-order valence-corrected chi connectivity index (χ3v) is 7.01. The molecule has 0 spiro atoms. The fraction of sp³-hybridized carbons (Fsp3) is 0.286. The van der Waals surface area contributed by atoms with Crippen LogP contribution in [0.25, 0.3) is 11.1 Å². The number of carbonyl (C=O) groups excluding carboxylic acids is 3. The zero-order valence-corrected chi connectivity index (χ0v) is 18.6. The molecule has 2 aliphatic heterocycles. The number of aromatic nitrogens is 1. The summed E-state index contributed by atoms with van der Waals surface area (Å²) in [5.74, 6) is -1.82. The zero-order valence-electron chi connectivity index (χ0n) is 17.7. The Hall–Kier alpha value is -3.74. The van der Waals surface area contributed by atoms with Gasteiger partial charge in [0.2, 0.25) is 5.91 Å². The summed E-state index contributed by atoms with van der Waals surface area (Å²) in [6.45, 7) is 1.60. The van der Waals surface area contributed by atoms with Crippen LogP contribution in [0.2, 0.25) is 0 Å². The van der Waals surface area contributed by atoms with E-state index in [-0.39, 0.29) is 0 Å². The summed E-state index contributed by atoms with van der Waals surface area (Å²) in [6.07, 6.45) is 0.426. The second-order valence-corrected chi connectivity index (χ2v) is 9.27. The molecule has 1 aromatic heterocycles. The van der Waals surface area contributed by atoms with Gasteiger partial charge in [0.25, 0.3) is 0 Å². The summed E-state index contributed by atoms with van der Waals surface area (Å²) < 4.78 is 22.8. The fourth-order valence-electron chi connectivity index (χ4n) is 4.04. The maximum atomic E-state index is 12.6. The molecule has 3 atom stereocenters. The lowest BCUT2D eigenvalue weighted by molar-refractivity contribution is -0.134. The topological polar surface area (TPSA) is 150 Å². The van der Waals surface area contributed by atoms with Crippen molar-refractivity contribution < 1.29 is 33.1 Å². The highest BCUT2D eigenvalue weighted by atomic mass is 31.2. The van der Waals surface area contributed by atoms with E-state index < -0.39 is 44.4 Å². The molecule has 2 unspecified atom stereocenters. The van der Waals surface area contributed by atoms with E-state index in [4.69, 9.17) is 10.00 Å². The highest BCUT2D eigenvalue weighted by Gasteiger charge is 2.50. The van der Waals surface area contributed by atoms with Crippen molar-refractivity contribution in [3.05, 3.63) is 47.8 Å². The highest BCUT2D eigenvalue weighted by molar-refractivity contribution is 7.51. The van der Waals surface area contributed by atoms with Gasteiger partial charge in [-0.2, -0.15) is 5.26 Å². The highest BCUT2D eigenvalue weighted by Crippen LogP contribution is 2.48. The van der Waals surface area contributed by atoms with Crippen molar-refractivity contribution in [2.75, 3.05) is 11.4 Å². The standard InChI is InChI=1S/C21H19N4O7P/c1-12(26)24(33(29,30)32-13(2)27)11-20-19-8-16-7-14(15-3-5-17(9-22)23-10-15)4-6-18(16)25(19)21(28)31-20/h3-7,10,19-20H,8,11H2,1-2H3,(H,29,30)/t19-,20?/m0/s1. The number of nitrogens with zero attached hydrogens (tertiary/aromatic N) is 4. The van der Waals surface area contributed by atoms with Gasteiger partial charge >= 0.3 is 19.8 Å². The Morgan fingerprint density at radius 1 is 1.33 bits per heavy atom. The normalized spacial score (nSPS) is 20.2. The Morgan fingerprint density at radius 2 is 2.06 bits per heavy atom. The van der Waals surface area contributed by atoms with Crippen molar-refractivity contribution >= 4 is 31.4 Å². The van der Waals surface area contributed by atoms with E-state index in [2.05, 4.69) is 9.51 Å². The molecule has 11 nitrogen and oxygen atoms in total. The number of nitriles is 1. The number of carbonyl (C=O) groups is 3. The minimum Gasteiger partial charge on any atom is -0.442 e. The molecule has 2 aromatic rings. The van der Waals surface area contributed by atoms with Crippen LogP contribution in [0.3, 0.4) is 0 Å². The van der Waals surface area contributed by atoms with Crippen LogP contribution in [-0.4, -0.2) is 51.2 Å². The van der Waals surface area contributed by atoms with Crippen molar-refractivity contribution in [2.24, 2.45) is 0 Å². The monoisotopic (exact) mass is 470 g/mol. The van der Waals surface area contributed by atoms with Gasteiger partial charge in [0.05, 0.1) is 18.3 Å². The Morgan fingerprint density at radius 3 is 2.67 bits per heavy atom. The molecule has 0 saturated carbocycles. The molecule has 1 fully saturated rings. The van der Waals surface area contributed by atoms with Crippen molar-refractivity contribution in [1.82, 2.24) is 9.65 Å². The van der Waals surface area contributed by atoms with Gasteiger partial charge in [0.1, 0.15) is 17.9 Å². The molecule has 1 N–H and O–H groups in total. The minimum atomic E-state index is -4.76. The smallest absolute Gasteiger partial charge is 0.442 e. The SMILES string of the molecule is CC(=O)OP(=O)(O)N(CC1OC(=O)N2c3ccc(-c4ccc(C#N)nc4)cc3C[C@@H]12)C(C)=O. The zero-order chi connectivity index (χ0) is 23.9. The molecule has 0 bridgehead atoms. The Kier molecular flexibility index (Phi) is 5.66. The first-order chi connectivity index (χ1) is 15.6. The van der Waals surface area contributed by atoms with Gasteiger partial charge < -0.3 is 9.26 Å². The van der Waals surface area contributed by atoms with E-state index in [1.165, 1.54) is 4.90 Å². The molecule has 0 radical (unpaired) electrons. The molecule has 2 aliphatic rings. The molecule has 1 aromatic carbocycles. The van der Waals surface area contributed by atoms with Crippen LogP contribution in [0.5, 0.6) is 0 Å². The molecule has 2 amide bonds. The molecule has 4 rings (SSSR count). The number of benzene rings is 1. The number of hydrogen-bond acceptors (Lipinski definition) is 8. The molecule has 170 valence electrons. The number of ether oxygens (including phenoxy) is 1. The van der Waals surface area contributed by atoms with Crippen LogP contribution in [0.1, 0.15) is 25.1 Å². The van der Waals surface area contributed by atoms with Gasteiger partial charge in [-0.1, -0.05) is 6.07 Å². The van der Waals surface area contributed by atoms with Gasteiger partial charge in [-0.3, -0.25) is 19.4 Å². The van der Waals surface area contributed by atoms with Gasteiger partial charge in [-0.05, 0) is 41.8 Å². The van der Waals surface area contributed by atoms with Gasteiger partial charge in [0.15, 0.2) is 0 Å². The average molecular weight is 470 g/mol. The lowest BCUT2D eigenvalue weighted by Gasteiger charge is -2.27. The minimum absolute atomic E-state index is 0.302. The number of cyclic esters (lactones) is 1. The van der Waals surface area contributed by atoms with Crippen LogP contribution in [0.15, 0.2) is 36.5 Å². The molecular formula is C21H19N4O7P. The van der Waals surface area contributed by atoms with Crippen LogP contribution in [0, 0.1) is 11.3 Å². The summed E-state index contributed by atoms with van der Waals surface area (Å²) in [7, 11) is -4.76. The second-order valence-electron chi connectivity index (χ2n) is 7.63. The van der Waals surface area contributed by atoms with E-state index in [1.54, 1.807) is 24.4 Å². The van der Waals surface area contributed by atoms with Crippen LogP contribution >= 0.6 is 7.75 Å². The van der Waals surface area contributed by atoms with Gasteiger partial charge in [0, 0.05) is 25.6 Å². The number of amides is 2. The summed E-state index contributed by atoms with van der Waals surface area (Å²) in [4.78, 5) is 51.4. The maximum Gasteiger partial charge on any atom is 0.490 e. The van der Waals surface area contributed by atoms with Crippen LogP contribution < -0.4 is 4.90 Å². The predicted octanol–water partition coefficient (Wildman–Crippen LogP) is 2.38. The van der Waals surface area contributed by atoms with Crippen LogP contribution in [0.4, 0.5) is 10.5 Å². The fourth-order valence-corrected chi connectivity index (χ4v) is 5.20. The predicted molar refractivity (Wildman–Crippen MR) is 114 cm³/mol. The van der Waals surface area contributed by atoms with E-state index >= 15 is 0 Å². The third kappa shape index (κ3) is 4.18. The first-order valence-electron chi connectivity index (χ1n) is 9.91. The van der Waals surface area contributed by atoms with E-state index in [0.29, 0.717) is 22.5 Å². The number of pyridine rings is 1. The largest absolute Gasteiger partial charge is 0.490 e. The van der Waals surface area contributed by atoms with Crippen LogP contribution in [-0.2, 0) is 29.8 Å². The van der Waals surface area contributed by atoms with E-state index in [9.17, 15) is 23.8 Å². The molecule has 3 heterocycles. The lowest BCUT2D eigenvalue weighted by Crippen LogP contribution is -2.41. The molecule has 33 heavy (non-hydrogen) atoms. The van der Waals surface area contributed by atoms with Crippen molar-refractivity contribution in [2.45, 2.75) is 32.4 Å². The summed E-state index contributed by atoms with van der Waals surface area (Å²) in [6, 6.07) is 10.3. The number of rotatable bonds is 5. The first-order valence-corrected chi connectivity index (χ1v) is 11.4. The Labute approximate surface area is 188 Å². The molecule has 0 aliphatic carbocycles. The summed E-state index contributed by atoms with van der Waals surface area (Å²) in [5.41, 5.74) is 3.44. The van der Waals surface area contributed by atoms with Crippen molar-refractivity contribution in [3.63, 3.8) is 0 Å². The maximum absolute atomic E-state index is 12.6. The molecule has 12 heteroatoms. The third-order valence-electron chi connectivity index (χ3n) is 5.46. The van der Waals surface area contributed by atoms with E-state index in [0.717, 1.165) is 30.5 Å². The lowest BCUT2D eigenvalue weighted by atomic mass is 10.0. The quantitative estimate of drug-likeness (QED) is 0.650. The van der Waals surface area contributed by atoms with Gasteiger partial charge in [-0.25, -0.2) is 19.0 Å². The van der Waals surface area contributed by atoms with Crippen molar-refractivity contribution in [3.8, 4) is 17.2 Å². The average Bonchev–Trinajstić information content (AvgIpc) is 3.27. The Bertz CT molecular complexity index is 1240. The summed E-state index contributed by atoms with van der Waals surface area (Å²) >= 11 is 0. The Balaban J connectivity index is 1.58. The first kappa shape index (κ1) is 22.5. The number of anilines is 1. The van der Waals surface area contributed by atoms with Gasteiger partial charge in [-0.15, -0.1) is 0 Å². The van der Waals surface area contributed by atoms with Crippen molar-refractivity contribution in [1.29, 1.82) is 5.26 Å². The summed E-state index contributed by atoms with van der Waals surface area (Å²) in [5, 5.41) is 8.91. The second kappa shape index (κ2) is 8.31. The number of hydrogen-bond donors (Lipinski definition) is 1. The molecular weight excluding hydrogens is 451 g/mol.